The van der Waals surface area contributed by atoms with Gasteiger partial charge in [0.1, 0.15) is 17.7 Å². The third-order valence-electron chi connectivity index (χ3n) is 5.19. The number of aryl methyl sites for hydroxylation is 1. The molecule has 0 saturated carbocycles. The molecule has 0 bridgehead atoms. The average Bonchev–Trinajstić information content (AvgIpc) is 3.32. The first-order valence-electron chi connectivity index (χ1n) is 9.26. The summed E-state index contributed by atoms with van der Waals surface area (Å²) >= 11 is 0. The number of carbonyl (C=O) groups is 1. The van der Waals surface area contributed by atoms with E-state index in [1.54, 1.807) is 6.07 Å². The highest BCUT2D eigenvalue weighted by molar-refractivity contribution is 6.06. The van der Waals surface area contributed by atoms with Gasteiger partial charge in [-0.05, 0) is 24.3 Å². The van der Waals surface area contributed by atoms with E-state index in [4.69, 9.17) is 4.42 Å². The number of furan rings is 1. The van der Waals surface area contributed by atoms with Gasteiger partial charge in [-0.25, -0.2) is 9.78 Å². The Balaban J connectivity index is 1.47. The summed E-state index contributed by atoms with van der Waals surface area (Å²) in [4.78, 5) is 41.3. The lowest BCUT2D eigenvalue weighted by Crippen LogP contribution is -2.37. The Kier molecular flexibility index (Phi) is 3.85. The quantitative estimate of drug-likeness (QED) is 0.496. The molecule has 0 atom stereocenters. The monoisotopic (exact) mass is 403 g/mol. The largest absolute Gasteiger partial charge is 0.456 e. The minimum Gasteiger partial charge on any atom is -0.456 e. The normalized spacial score (nSPS) is 11.5. The maximum absolute atomic E-state index is 12.6. The number of anilines is 1. The summed E-state index contributed by atoms with van der Waals surface area (Å²) in [5, 5.41) is 4.71. The highest BCUT2D eigenvalue weighted by Crippen LogP contribution is 2.30. The van der Waals surface area contributed by atoms with Crippen molar-refractivity contribution in [1.82, 2.24) is 18.7 Å². The Labute approximate surface area is 168 Å². The van der Waals surface area contributed by atoms with E-state index in [1.165, 1.54) is 29.6 Å². The zero-order valence-corrected chi connectivity index (χ0v) is 16.2. The molecule has 3 aromatic heterocycles. The maximum atomic E-state index is 12.6. The van der Waals surface area contributed by atoms with Gasteiger partial charge < -0.3 is 14.3 Å². The second-order valence-electron chi connectivity index (χ2n) is 7.11. The second-order valence-corrected chi connectivity index (χ2v) is 7.11. The van der Waals surface area contributed by atoms with Gasteiger partial charge in [-0.3, -0.25) is 18.7 Å². The number of carbonyl (C=O) groups excluding carboxylic acids is 1. The molecule has 5 aromatic rings. The van der Waals surface area contributed by atoms with E-state index in [0.29, 0.717) is 5.69 Å². The topological polar surface area (TPSA) is 104 Å². The van der Waals surface area contributed by atoms with Gasteiger partial charge in [-0.15, -0.1) is 0 Å². The molecular formula is C21H17N5O4. The van der Waals surface area contributed by atoms with Crippen LogP contribution >= 0.6 is 0 Å². The lowest BCUT2D eigenvalue weighted by Gasteiger charge is -2.08. The number of benzene rings is 2. The highest BCUT2D eigenvalue weighted by Gasteiger charge is 2.16. The number of amides is 1. The van der Waals surface area contributed by atoms with Crippen LogP contribution in [-0.2, 0) is 25.4 Å². The molecular weight excluding hydrogens is 386 g/mol. The minimum absolute atomic E-state index is 0.117. The zero-order valence-electron chi connectivity index (χ0n) is 16.2. The molecule has 0 radical (unpaired) electrons. The summed E-state index contributed by atoms with van der Waals surface area (Å²) in [6, 6.07) is 13.1. The van der Waals surface area contributed by atoms with Crippen molar-refractivity contribution < 1.29 is 9.21 Å². The fourth-order valence-electron chi connectivity index (χ4n) is 3.68. The van der Waals surface area contributed by atoms with Crippen LogP contribution in [0, 0.1) is 0 Å². The predicted octanol–water partition coefficient (Wildman–Crippen LogP) is 1.97. The Morgan fingerprint density at radius 2 is 1.80 bits per heavy atom. The van der Waals surface area contributed by atoms with Crippen molar-refractivity contribution >= 4 is 44.7 Å². The number of fused-ring (bicyclic) bond motifs is 4. The minimum atomic E-state index is -0.496. The highest BCUT2D eigenvalue weighted by atomic mass is 16.3. The van der Waals surface area contributed by atoms with Crippen LogP contribution in [0.5, 0.6) is 0 Å². The third kappa shape index (κ3) is 2.63. The van der Waals surface area contributed by atoms with Gasteiger partial charge in [0.25, 0.3) is 5.56 Å². The molecule has 0 unspecified atom stereocenters. The number of rotatable bonds is 3. The summed E-state index contributed by atoms with van der Waals surface area (Å²) in [7, 11) is 2.93. The number of hydrogen-bond donors (Lipinski definition) is 1. The van der Waals surface area contributed by atoms with E-state index < -0.39 is 11.2 Å². The van der Waals surface area contributed by atoms with Crippen LogP contribution in [0.15, 0.2) is 62.8 Å². The molecule has 0 fully saturated rings. The Bertz CT molecular complexity index is 1580. The Morgan fingerprint density at radius 1 is 1.03 bits per heavy atom. The summed E-state index contributed by atoms with van der Waals surface area (Å²) < 4.78 is 9.52. The van der Waals surface area contributed by atoms with Crippen LogP contribution < -0.4 is 16.6 Å². The van der Waals surface area contributed by atoms with Crippen LogP contribution in [0.2, 0.25) is 0 Å². The van der Waals surface area contributed by atoms with Crippen molar-refractivity contribution in [2.45, 2.75) is 6.54 Å². The third-order valence-corrected chi connectivity index (χ3v) is 5.19. The van der Waals surface area contributed by atoms with E-state index in [2.05, 4.69) is 10.3 Å². The Morgan fingerprint density at radius 3 is 2.63 bits per heavy atom. The average molecular weight is 403 g/mol. The molecule has 2 aromatic carbocycles. The molecule has 30 heavy (non-hydrogen) atoms. The first-order chi connectivity index (χ1) is 14.4. The second kappa shape index (κ2) is 6.45. The standard InChI is InChI=1S/C21H17N5O4/c1-24-19-18(20(28)25(2)21(24)29)26(11-22-19)10-17(27)23-12-7-8-16-14(9-12)13-5-3-4-6-15(13)30-16/h3-9,11H,10H2,1-2H3,(H,23,27). The maximum Gasteiger partial charge on any atom is 0.332 e. The lowest BCUT2D eigenvalue weighted by atomic mass is 10.1. The molecule has 0 aliphatic rings. The summed E-state index contributed by atoms with van der Waals surface area (Å²) in [6.07, 6.45) is 1.39. The first kappa shape index (κ1) is 17.9. The Hall–Kier alpha value is -4.14. The van der Waals surface area contributed by atoms with Crippen LogP contribution in [-0.4, -0.2) is 24.6 Å². The fourth-order valence-corrected chi connectivity index (χ4v) is 3.68. The van der Waals surface area contributed by atoms with E-state index >= 15 is 0 Å². The molecule has 0 spiro atoms. The molecule has 0 saturated heterocycles. The SMILES string of the molecule is Cn1c(=O)c2c(ncn2CC(=O)Nc2ccc3oc4ccccc4c3c2)n(C)c1=O. The molecule has 3 heterocycles. The van der Waals surface area contributed by atoms with Crippen LogP contribution in [0.25, 0.3) is 33.1 Å². The number of imidazole rings is 1. The van der Waals surface area contributed by atoms with Gasteiger partial charge in [-0.2, -0.15) is 0 Å². The van der Waals surface area contributed by atoms with Crippen molar-refractivity contribution in [3.63, 3.8) is 0 Å². The lowest BCUT2D eigenvalue weighted by molar-refractivity contribution is -0.116. The number of para-hydroxylation sites is 1. The first-order valence-corrected chi connectivity index (χ1v) is 9.26. The molecule has 9 heteroatoms. The molecule has 5 rings (SSSR count). The van der Waals surface area contributed by atoms with Gasteiger partial charge in [0, 0.05) is 30.6 Å². The van der Waals surface area contributed by atoms with E-state index in [9.17, 15) is 14.4 Å². The van der Waals surface area contributed by atoms with Crippen molar-refractivity contribution in [1.29, 1.82) is 0 Å². The molecule has 1 N–H and O–H groups in total. The van der Waals surface area contributed by atoms with Gasteiger partial charge >= 0.3 is 5.69 Å². The van der Waals surface area contributed by atoms with Crippen molar-refractivity contribution in [2.24, 2.45) is 14.1 Å². The fraction of sp³-hybridized carbons (Fsp3) is 0.143. The van der Waals surface area contributed by atoms with Gasteiger partial charge in [0.05, 0.1) is 6.33 Å². The smallest absolute Gasteiger partial charge is 0.332 e. The number of hydrogen-bond acceptors (Lipinski definition) is 5. The molecule has 0 aliphatic carbocycles. The summed E-state index contributed by atoms with van der Waals surface area (Å²) in [5.41, 5.74) is 1.60. The van der Waals surface area contributed by atoms with Gasteiger partial charge in [-0.1, -0.05) is 18.2 Å². The molecule has 150 valence electrons. The van der Waals surface area contributed by atoms with Gasteiger partial charge in [0.15, 0.2) is 11.2 Å². The van der Waals surface area contributed by atoms with Crippen molar-refractivity contribution in [2.75, 3.05) is 5.32 Å². The van der Waals surface area contributed by atoms with Crippen LogP contribution in [0.1, 0.15) is 0 Å². The molecule has 9 nitrogen and oxygen atoms in total. The van der Waals surface area contributed by atoms with E-state index in [-0.39, 0.29) is 23.6 Å². The van der Waals surface area contributed by atoms with E-state index in [1.807, 2.05) is 36.4 Å². The van der Waals surface area contributed by atoms with Crippen molar-refractivity contribution in [3.05, 3.63) is 69.6 Å². The van der Waals surface area contributed by atoms with Crippen molar-refractivity contribution in [3.8, 4) is 0 Å². The summed E-state index contributed by atoms with van der Waals surface area (Å²) in [5.74, 6) is -0.322. The number of nitrogens with zero attached hydrogens (tertiary/aromatic N) is 4. The number of nitrogens with one attached hydrogen (secondary N) is 1. The van der Waals surface area contributed by atoms with Gasteiger partial charge in [0.2, 0.25) is 5.91 Å². The molecule has 1 amide bonds. The predicted molar refractivity (Wildman–Crippen MR) is 113 cm³/mol. The van der Waals surface area contributed by atoms with Crippen LogP contribution in [0.3, 0.4) is 0 Å². The summed E-state index contributed by atoms with van der Waals surface area (Å²) in [6.45, 7) is -0.117. The van der Waals surface area contributed by atoms with Crippen LogP contribution in [0.4, 0.5) is 5.69 Å². The number of aromatic nitrogens is 4. The molecule has 0 aliphatic heterocycles. The zero-order chi connectivity index (χ0) is 21.0. The van der Waals surface area contributed by atoms with E-state index in [0.717, 1.165) is 26.5 Å².